The Balaban J connectivity index is 1.33. The van der Waals surface area contributed by atoms with Crippen molar-refractivity contribution in [2.75, 3.05) is 32.8 Å². The Hall–Kier alpha value is -3.23. The first-order valence-electron chi connectivity index (χ1n) is 12.4. The number of likely N-dealkylation sites (tertiary alicyclic amines) is 1. The molecule has 1 fully saturated rings. The summed E-state index contributed by atoms with van der Waals surface area (Å²) in [4.78, 5) is 14.9. The third kappa shape index (κ3) is 5.44. The van der Waals surface area contributed by atoms with Gasteiger partial charge < -0.3 is 24.8 Å². The lowest BCUT2D eigenvalue weighted by Gasteiger charge is -2.30. The van der Waals surface area contributed by atoms with Crippen molar-refractivity contribution >= 4 is 16.7 Å². The Kier molecular flexibility index (Phi) is 7.07. The lowest BCUT2D eigenvalue weighted by Crippen LogP contribution is -2.52. The minimum atomic E-state index is -3.64. The van der Waals surface area contributed by atoms with Gasteiger partial charge in [0.2, 0.25) is 0 Å². The van der Waals surface area contributed by atoms with Crippen molar-refractivity contribution in [2.24, 2.45) is 0 Å². The number of aliphatic hydroxyl groups is 1. The second-order valence-electron chi connectivity index (χ2n) is 9.50. The molecule has 2 heterocycles. The van der Waals surface area contributed by atoms with Crippen molar-refractivity contribution < 1.29 is 28.2 Å². The van der Waals surface area contributed by atoms with E-state index in [9.17, 15) is 9.90 Å². The first-order chi connectivity index (χ1) is 17.4. The smallest absolute Gasteiger partial charge is 0.328 e. The van der Waals surface area contributed by atoms with Gasteiger partial charge in [-0.05, 0) is 60.0 Å². The molecule has 36 heavy (non-hydrogen) atoms. The maximum Gasteiger partial charge on any atom is 0.328 e. The summed E-state index contributed by atoms with van der Waals surface area (Å²) in [5, 5.41) is 15.4. The topological polar surface area (TPSA) is 71.0 Å². The molecule has 0 bridgehead atoms. The molecule has 2 aliphatic heterocycles. The molecular formula is C28H30F2N2O4. The molecule has 0 saturated carbocycles. The van der Waals surface area contributed by atoms with E-state index in [1.165, 1.54) is 0 Å². The molecule has 3 aromatic rings. The minimum Gasteiger partial charge on any atom is -0.486 e. The van der Waals surface area contributed by atoms with E-state index in [0.717, 1.165) is 36.7 Å². The highest BCUT2D eigenvalue weighted by Crippen LogP contribution is 2.34. The van der Waals surface area contributed by atoms with Crippen molar-refractivity contribution in [1.82, 2.24) is 10.2 Å². The van der Waals surface area contributed by atoms with Gasteiger partial charge in [0.1, 0.15) is 19.3 Å². The van der Waals surface area contributed by atoms with E-state index in [-0.39, 0.29) is 6.54 Å². The van der Waals surface area contributed by atoms with Crippen LogP contribution in [-0.4, -0.2) is 60.7 Å². The number of nitrogens with one attached hydrogen (secondary N) is 1. The van der Waals surface area contributed by atoms with Crippen molar-refractivity contribution in [1.29, 1.82) is 0 Å². The number of hydrogen-bond donors (Lipinski definition) is 2. The molecule has 6 nitrogen and oxygen atoms in total. The van der Waals surface area contributed by atoms with Gasteiger partial charge in [-0.3, -0.25) is 4.79 Å². The maximum atomic E-state index is 15.1. The van der Waals surface area contributed by atoms with Crippen LogP contribution >= 0.6 is 0 Å². The number of carbonyl (C=O) groups excluding carboxylic acids is 1. The standard InChI is InChI=1S/C28H30F2N2O4/c29-28(30,17-19-7-8-20-5-1-2-6-21(20)15-19)27(34)31-23(18-32-11-3-4-12-32)26(33)22-9-10-24-25(16-22)36-14-13-35-24/h1-2,5-10,15-16,23,26,33H,3-4,11-14,17-18H2,(H,31,34)/t23-,26-/m1/s1. The van der Waals surface area contributed by atoms with Gasteiger partial charge in [-0.1, -0.05) is 48.5 Å². The van der Waals surface area contributed by atoms with Gasteiger partial charge in [-0.25, -0.2) is 0 Å². The van der Waals surface area contributed by atoms with Gasteiger partial charge >= 0.3 is 5.92 Å². The number of rotatable bonds is 8. The predicted molar refractivity (Wildman–Crippen MR) is 133 cm³/mol. The number of aliphatic hydroxyl groups excluding tert-OH is 1. The number of fused-ring (bicyclic) bond motifs is 2. The van der Waals surface area contributed by atoms with Crippen molar-refractivity contribution in [3.8, 4) is 11.5 Å². The molecule has 1 saturated heterocycles. The molecule has 5 rings (SSSR count). The second kappa shape index (κ2) is 10.4. The van der Waals surface area contributed by atoms with E-state index in [2.05, 4.69) is 10.2 Å². The van der Waals surface area contributed by atoms with Crippen LogP contribution in [-0.2, 0) is 11.2 Å². The third-order valence-corrected chi connectivity index (χ3v) is 6.83. The van der Waals surface area contributed by atoms with E-state index in [4.69, 9.17) is 9.47 Å². The number of carbonyl (C=O) groups is 1. The summed E-state index contributed by atoms with van der Waals surface area (Å²) >= 11 is 0. The van der Waals surface area contributed by atoms with Gasteiger partial charge in [0, 0.05) is 13.0 Å². The zero-order chi connectivity index (χ0) is 25.1. The van der Waals surface area contributed by atoms with E-state index < -0.39 is 30.4 Å². The highest BCUT2D eigenvalue weighted by atomic mass is 19.3. The van der Waals surface area contributed by atoms with Crippen LogP contribution < -0.4 is 14.8 Å². The Morgan fingerprint density at radius 3 is 2.47 bits per heavy atom. The monoisotopic (exact) mass is 496 g/mol. The molecule has 0 unspecified atom stereocenters. The number of halogens is 2. The molecule has 0 spiro atoms. The van der Waals surface area contributed by atoms with E-state index in [0.29, 0.717) is 35.8 Å². The fourth-order valence-electron chi connectivity index (χ4n) is 4.90. The Bertz CT molecular complexity index is 1230. The zero-order valence-electron chi connectivity index (χ0n) is 20.0. The Labute approximate surface area is 208 Å². The van der Waals surface area contributed by atoms with Crippen LogP contribution in [0.15, 0.2) is 60.7 Å². The van der Waals surface area contributed by atoms with E-state index in [1.54, 1.807) is 36.4 Å². The van der Waals surface area contributed by atoms with Crippen LogP contribution in [0.2, 0.25) is 0 Å². The van der Waals surface area contributed by atoms with Gasteiger partial charge in [-0.2, -0.15) is 8.78 Å². The van der Waals surface area contributed by atoms with E-state index >= 15 is 8.78 Å². The summed E-state index contributed by atoms with van der Waals surface area (Å²) < 4.78 is 41.4. The normalized spacial score (nSPS) is 17.6. The summed E-state index contributed by atoms with van der Waals surface area (Å²) in [6, 6.07) is 16.7. The summed E-state index contributed by atoms with van der Waals surface area (Å²) in [7, 11) is 0. The van der Waals surface area contributed by atoms with E-state index in [1.807, 2.05) is 24.3 Å². The van der Waals surface area contributed by atoms with Crippen LogP contribution in [0, 0.1) is 0 Å². The second-order valence-corrected chi connectivity index (χ2v) is 9.50. The Morgan fingerprint density at radius 2 is 1.69 bits per heavy atom. The molecule has 2 N–H and O–H groups in total. The lowest BCUT2D eigenvalue weighted by atomic mass is 9.99. The summed E-state index contributed by atoms with van der Waals surface area (Å²) in [6.07, 6.45) is 0.0831. The van der Waals surface area contributed by atoms with Gasteiger partial charge in [0.15, 0.2) is 11.5 Å². The number of nitrogens with zero attached hydrogens (tertiary/aromatic N) is 1. The highest BCUT2D eigenvalue weighted by molar-refractivity contribution is 5.85. The van der Waals surface area contributed by atoms with Crippen molar-refractivity contribution in [2.45, 2.75) is 37.3 Å². The summed E-state index contributed by atoms with van der Waals surface area (Å²) in [6.45, 7) is 2.70. The number of alkyl halides is 2. The molecular weight excluding hydrogens is 466 g/mol. The molecule has 0 radical (unpaired) electrons. The number of amides is 1. The van der Waals surface area contributed by atoms with Gasteiger partial charge in [0.25, 0.3) is 5.91 Å². The molecule has 8 heteroatoms. The van der Waals surface area contributed by atoms with Gasteiger partial charge in [-0.15, -0.1) is 0 Å². The first-order valence-corrected chi connectivity index (χ1v) is 12.4. The van der Waals surface area contributed by atoms with Crippen LogP contribution in [0.3, 0.4) is 0 Å². The van der Waals surface area contributed by atoms with Crippen LogP contribution in [0.25, 0.3) is 10.8 Å². The fraction of sp³-hybridized carbons (Fsp3) is 0.393. The Morgan fingerprint density at radius 1 is 0.972 bits per heavy atom. The number of ether oxygens (including phenoxy) is 2. The molecule has 1 amide bonds. The molecule has 2 aliphatic rings. The molecule has 3 aromatic carbocycles. The van der Waals surface area contributed by atoms with Crippen LogP contribution in [0.5, 0.6) is 11.5 Å². The molecule has 190 valence electrons. The zero-order valence-corrected chi connectivity index (χ0v) is 20.0. The highest BCUT2D eigenvalue weighted by Gasteiger charge is 2.41. The SMILES string of the molecule is O=C(N[C@H](CN1CCCC1)[C@H](O)c1ccc2c(c1)OCCO2)C(F)(F)Cc1ccc2ccccc2c1. The number of benzene rings is 3. The largest absolute Gasteiger partial charge is 0.486 e. The maximum absolute atomic E-state index is 15.1. The summed E-state index contributed by atoms with van der Waals surface area (Å²) in [5.74, 6) is -3.97. The lowest BCUT2D eigenvalue weighted by molar-refractivity contribution is -0.147. The quantitative estimate of drug-likeness (QED) is 0.491. The minimum absolute atomic E-state index is 0.271. The summed E-state index contributed by atoms with van der Waals surface area (Å²) in [5.41, 5.74) is 0.846. The fourth-order valence-corrected chi connectivity index (χ4v) is 4.90. The van der Waals surface area contributed by atoms with Crippen LogP contribution in [0.4, 0.5) is 8.78 Å². The average molecular weight is 497 g/mol. The first kappa shape index (κ1) is 24.5. The average Bonchev–Trinajstić information content (AvgIpc) is 3.40. The predicted octanol–water partition coefficient (Wildman–Crippen LogP) is 4.10. The van der Waals surface area contributed by atoms with Gasteiger partial charge in [0.05, 0.1) is 6.04 Å². The van der Waals surface area contributed by atoms with Crippen LogP contribution in [0.1, 0.15) is 30.1 Å². The molecule has 0 aliphatic carbocycles. The van der Waals surface area contributed by atoms with Crippen molar-refractivity contribution in [3.05, 3.63) is 71.8 Å². The third-order valence-electron chi connectivity index (χ3n) is 6.83. The number of hydrogen-bond acceptors (Lipinski definition) is 5. The molecule has 0 aromatic heterocycles. The van der Waals surface area contributed by atoms with Crippen molar-refractivity contribution in [3.63, 3.8) is 0 Å². The molecule has 2 atom stereocenters.